The van der Waals surface area contributed by atoms with E-state index in [2.05, 4.69) is 4.18 Å². The zero-order chi connectivity index (χ0) is 12.9. The van der Waals surface area contributed by atoms with Gasteiger partial charge >= 0.3 is 10.1 Å². The molecule has 5 heteroatoms. The molecule has 1 unspecified atom stereocenters. The first-order valence-corrected chi connectivity index (χ1v) is 6.93. The van der Waals surface area contributed by atoms with Crippen LogP contribution >= 0.6 is 0 Å². The van der Waals surface area contributed by atoms with E-state index in [1.165, 1.54) is 6.26 Å². The molecule has 0 heterocycles. The van der Waals surface area contributed by atoms with E-state index in [1.807, 2.05) is 31.2 Å². The van der Waals surface area contributed by atoms with Gasteiger partial charge in [0.15, 0.2) is 0 Å². The van der Waals surface area contributed by atoms with Crippen LogP contribution in [0.2, 0.25) is 0 Å². The van der Waals surface area contributed by atoms with Crippen molar-refractivity contribution < 1.29 is 17.3 Å². The van der Waals surface area contributed by atoms with E-state index in [9.17, 15) is 8.42 Å². The minimum absolute atomic E-state index is 0.0719. The highest BCUT2D eigenvalue weighted by molar-refractivity contribution is 7.86. The number of ether oxygens (including phenoxy) is 1. The largest absolute Gasteiger partial charge is 0.497 e. The molecule has 0 aromatic heterocycles. The highest BCUT2D eigenvalue weighted by Gasteiger charge is 2.03. The van der Waals surface area contributed by atoms with Crippen molar-refractivity contribution in [2.45, 2.75) is 12.8 Å². The molecule has 0 N–H and O–H groups in total. The van der Waals surface area contributed by atoms with Gasteiger partial charge in [-0.15, -0.1) is 0 Å². The monoisotopic (exact) mass is 256 g/mol. The maximum absolute atomic E-state index is 10.7. The van der Waals surface area contributed by atoms with Crippen molar-refractivity contribution in [2.24, 2.45) is 0 Å². The van der Waals surface area contributed by atoms with Crippen molar-refractivity contribution >= 4 is 10.1 Å². The summed E-state index contributed by atoms with van der Waals surface area (Å²) in [5, 5.41) is 0. The van der Waals surface area contributed by atoms with Gasteiger partial charge in [-0.1, -0.05) is 19.1 Å². The Morgan fingerprint density at radius 2 is 1.82 bits per heavy atom. The van der Waals surface area contributed by atoms with Crippen LogP contribution in [0.4, 0.5) is 0 Å². The summed E-state index contributed by atoms with van der Waals surface area (Å²) in [5.74, 6) is 0.861. The Balaban J connectivity index is 2.66. The molecule has 0 aliphatic carbocycles. The van der Waals surface area contributed by atoms with Crippen molar-refractivity contribution in [1.29, 1.82) is 0 Å². The SMILES string of the molecule is COc1ccc(C(C)C=COS(C)(=O)=O)cc1. The summed E-state index contributed by atoms with van der Waals surface area (Å²) in [6, 6.07) is 7.57. The molecule has 0 saturated heterocycles. The molecule has 0 aliphatic heterocycles. The third kappa shape index (κ3) is 4.91. The lowest BCUT2D eigenvalue weighted by Crippen LogP contribution is -1.97. The van der Waals surface area contributed by atoms with Gasteiger partial charge in [-0.3, -0.25) is 0 Å². The Kier molecular flexibility index (Phi) is 4.57. The van der Waals surface area contributed by atoms with E-state index in [1.54, 1.807) is 13.2 Å². The second-order valence-electron chi connectivity index (χ2n) is 3.69. The fraction of sp³-hybridized carbons (Fsp3) is 0.333. The van der Waals surface area contributed by atoms with Gasteiger partial charge in [0.05, 0.1) is 13.4 Å². The molecular weight excluding hydrogens is 240 g/mol. The molecule has 0 spiro atoms. The molecule has 0 fully saturated rings. The van der Waals surface area contributed by atoms with Gasteiger partial charge in [0.25, 0.3) is 0 Å². The second kappa shape index (κ2) is 5.72. The molecule has 0 aliphatic rings. The van der Waals surface area contributed by atoms with Gasteiger partial charge in [-0.2, -0.15) is 8.42 Å². The zero-order valence-corrected chi connectivity index (χ0v) is 10.9. The summed E-state index contributed by atoms with van der Waals surface area (Å²) >= 11 is 0. The van der Waals surface area contributed by atoms with Crippen LogP contribution in [0, 0.1) is 0 Å². The van der Waals surface area contributed by atoms with Crippen LogP contribution in [0.25, 0.3) is 0 Å². The summed E-state index contributed by atoms with van der Waals surface area (Å²) in [5.41, 5.74) is 1.05. The topological polar surface area (TPSA) is 52.6 Å². The quantitative estimate of drug-likeness (QED) is 0.599. The Morgan fingerprint density at radius 3 is 2.29 bits per heavy atom. The zero-order valence-electron chi connectivity index (χ0n) is 10.1. The first-order valence-electron chi connectivity index (χ1n) is 5.11. The molecule has 1 atom stereocenters. The van der Waals surface area contributed by atoms with Crippen LogP contribution in [-0.4, -0.2) is 21.8 Å². The van der Waals surface area contributed by atoms with Gasteiger partial charge in [0.1, 0.15) is 12.0 Å². The molecule has 1 aromatic rings. The van der Waals surface area contributed by atoms with Gasteiger partial charge < -0.3 is 8.92 Å². The smallest absolute Gasteiger partial charge is 0.305 e. The van der Waals surface area contributed by atoms with E-state index >= 15 is 0 Å². The third-order valence-electron chi connectivity index (χ3n) is 2.24. The summed E-state index contributed by atoms with van der Waals surface area (Å²) in [6.45, 7) is 1.95. The molecule has 1 rings (SSSR count). The minimum atomic E-state index is -3.42. The summed E-state index contributed by atoms with van der Waals surface area (Å²) in [6.07, 6.45) is 3.89. The number of rotatable bonds is 5. The predicted molar refractivity (Wildman–Crippen MR) is 66.5 cm³/mol. The van der Waals surface area contributed by atoms with Crippen LogP contribution in [-0.2, 0) is 14.3 Å². The molecule has 0 radical (unpaired) electrons. The van der Waals surface area contributed by atoms with Crippen LogP contribution < -0.4 is 4.74 Å². The summed E-state index contributed by atoms with van der Waals surface area (Å²) < 4.78 is 31.1. The number of hydrogen-bond donors (Lipinski definition) is 0. The van der Waals surface area contributed by atoms with E-state index in [4.69, 9.17) is 4.74 Å². The number of methoxy groups -OCH3 is 1. The van der Waals surface area contributed by atoms with Gasteiger partial charge in [-0.25, -0.2) is 0 Å². The fourth-order valence-corrected chi connectivity index (χ4v) is 1.54. The van der Waals surface area contributed by atoms with Crippen molar-refractivity contribution in [3.05, 3.63) is 42.2 Å². The normalized spacial score (nSPS) is 13.6. The molecule has 1 aromatic carbocycles. The number of hydrogen-bond acceptors (Lipinski definition) is 4. The van der Waals surface area contributed by atoms with Crippen molar-refractivity contribution in [2.75, 3.05) is 13.4 Å². The lowest BCUT2D eigenvalue weighted by Gasteiger charge is -2.07. The van der Waals surface area contributed by atoms with E-state index in [0.29, 0.717) is 0 Å². The van der Waals surface area contributed by atoms with Crippen molar-refractivity contribution in [1.82, 2.24) is 0 Å². The van der Waals surface area contributed by atoms with Crippen LogP contribution in [0.15, 0.2) is 36.6 Å². The van der Waals surface area contributed by atoms with Crippen molar-refractivity contribution in [3.8, 4) is 5.75 Å². The number of benzene rings is 1. The molecule has 94 valence electrons. The summed E-state index contributed by atoms with van der Waals surface area (Å²) in [7, 11) is -1.81. The maximum atomic E-state index is 10.7. The standard InChI is InChI=1S/C12H16O4S/c1-10(8-9-16-17(3,13)14)11-4-6-12(15-2)7-5-11/h4-10H,1-3H3. The number of allylic oxidation sites excluding steroid dienone is 1. The molecule has 0 amide bonds. The lowest BCUT2D eigenvalue weighted by atomic mass is 10.0. The average Bonchev–Trinajstić information content (AvgIpc) is 2.27. The Morgan fingerprint density at radius 1 is 1.24 bits per heavy atom. The Bertz CT molecular complexity index is 474. The third-order valence-corrected chi connectivity index (χ3v) is 2.70. The first kappa shape index (κ1) is 13.6. The van der Waals surface area contributed by atoms with Crippen LogP contribution in [0.1, 0.15) is 18.4 Å². The second-order valence-corrected chi connectivity index (χ2v) is 5.29. The minimum Gasteiger partial charge on any atom is -0.497 e. The van der Waals surface area contributed by atoms with E-state index in [-0.39, 0.29) is 5.92 Å². The first-order chi connectivity index (χ1) is 7.92. The summed E-state index contributed by atoms with van der Waals surface area (Å²) in [4.78, 5) is 0. The highest BCUT2D eigenvalue weighted by atomic mass is 32.2. The highest BCUT2D eigenvalue weighted by Crippen LogP contribution is 2.20. The molecular formula is C12H16O4S. The Labute approximate surface area is 102 Å². The van der Waals surface area contributed by atoms with Crippen molar-refractivity contribution in [3.63, 3.8) is 0 Å². The molecule has 0 bridgehead atoms. The molecule has 17 heavy (non-hydrogen) atoms. The van der Waals surface area contributed by atoms with Crippen LogP contribution in [0.3, 0.4) is 0 Å². The molecule has 0 saturated carbocycles. The lowest BCUT2D eigenvalue weighted by molar-refractivity contribution is 0.414. The Hall–Kier alpha value is -1.49. The van der Waals surface area contributed by atoms with Crippen LogP contribution in [0.5, 0.6) is 5.75 Å². The van der Waals surface area contributed by atoms with Gasteiger partial charge in [0.2, 0.25) is 0 Å². The maximum Gasteiger partial charge on any atom is 0.305 e. The average molecular weight is 256 g/mol. The molecule has 4 nitrogen and oxygen atoms in total. The van der Waals surface area contributed by atoms with Gasteiger partial charge in [-0.05, 0) is 23.8 Å². The van der Waals surface area contributed by atoms with E-state index in [0.717, 1.165) is 17.6 Å². The predicted octanol–water partition coefficient (Wildman–Crippen LogP) is 2.29. The fourth-order valence-electron chi connectivity index (χ4n) is 1.27. The van der Waals surface area contributed by atoms with Gasteiger partial charge in [0, 0.05) is 5.92 Å². The van der Waals surface area contributed by atoms with E-state index < -0.39 is 10.1 Å².